The summed E-state index contributed by atoms with van der Waals surface area (Å²) in [5.74, 6) is -0.671. The number of benzene rings is 1. The zero-order valence-electron chi connectivity index (χ0n) is 16.3. The lowest BCUT2D eigenvalue weighted by Gasteiger charge is -2.35. The van der Waals surface area contributed by atoms with E-state index in [-0.39, 0.29) is 24.7 Å². The van der Waals surface area contributed by atoms with Crippen molar-refractivity contribution < 1.29 is 19.1 Å². The average Bonchev–Trinajstić information content (AvgIpc) is 2.93. The molecule has 0 aliphatic carbocycles. The molecule has 1 aliphatic heterocycles. The third kappa shape index (κ3) is 4.22. The van der Waals surface area contributed by atoms with E-state index >= 15 is 0 Å². The molecule has 1 aromatic heterocycles. The van der Waals surface area contributed by atoms with E-state index in [0.29, 0.717) is 18.7 Å². The first kappa shape index (κ1) is 19.2. The van der Waals surface area contributed by atoms with Crippen LogP contribution in [0.3, 0.4) is 0 Å². The summed E-state index contributed by atoms with van der Waals surface area (Å²) in [7, 11) is 0. The van der Waals surface area contributed by atoms with Crippen molar-refractivity contribution in [1.82, 2.24) is 9.47 Å². The Labute approximate surface area is 159 Å². The highest BCUT2D eigenvalue weighted by Gasteiger charge is 2.27. The molecule has 1 fully saturated rings. The number of nitrogens with zero attached hydrogens (tertiary/aromatic N) is 2. The van der Waals surface area contributed by atoms with Crippen molar-refractivity contribution >= 4 is 11.9 Å². The summed E-state index contributed by atoms with van der Waals surface area (Å²) in [6.45, 7) is 8.46. The summed E-state index contributed by atoms with van der Waals surface area (Å²) in [5, 5.41) is 0. The summed E-state index contributed by atoms with van der Waals surface area (Å²) in [4.78, 5) is 26.6. The van der Waals surface area contributed by atoms with Gasteiger partial charge in [0.15, 0.2) is 6.61 Å². The molecule has 1 aromatic carbocycles. The summed E-state index contributed by atoms with van der Waals surface area (Å²) in [6, 6.07) is 11.6. The fourth-order valence-corrected chi connectivity index (χ4v) is 3.62. The SMILES string of the molecule is Cc1cc(C(=O)OCC(=O)N2C[C@@H](C)O[C@H](C)C2)c(C)n1-c1ccccc1. The van der Waals surface area contributed by atoms with Crippen LogP contribution in [0.2, 0.25) is 0 Å². The Morgan fingerprint density at radius 2 is 1.74 bits per heavy atom. The maximum atomic E-state index is 12.5. The van der Waals surface area contributed by atoms with Crippen LogP contribution < -0.4 is 0 Å². The van der Waals surface area contributed by atoms with Gasteiger partial charge in [-0.1, -0.05) is 18.2 Å². The van der Waals surface area contributed by atoms with Crippen LogP contribution in [0.5, 0.6) is 0 Å². The van der Waals surface area contributed by atoms with Gasteiger partial charge in [-0.05, 0) is 45.9 Å². The Morgan fingerprint density at radius 1 is 1.11 bits per heavy atom. The third-order valence-electron chi connectivity index (χ3n) is 4.76. The number of carbonyl (C=O) groups excluding carboxylic acids is 2. The molecule has 0 radical (unpaired) electrons. The Balaban J connectivity index is 1.68. The number of amides is 1. The summed E-state index contributed by atoms with van der Waals surface area (Å²) in [5.41, 5.74) is 3.20. The molecule has 2 aromatic rings. The summed E-state index contributed by atoms with van der Waals surface area (Å²) < 4.78 is 12.9. The Bertz CT molecular complexity index is 818. The highest BCUT2D eigenvalue weighted by atomic mass is 16.5. The molecule has 0 unspecified atom stereocenters. The third-order valence-corrected chi connectivity index (χ3v) is 4.76. The Morgan fingerprint density at radius 3 is 2.37 bits per heavy atom. The molecular formula is C21H26N2O4. The zero-order chi connectivity index (χ0) is 19.6. The fraction of sp³-hybridized carbons (Fsp3) is 0.429. The minimum absolute atomic E-state index is 0.0156. The smallest absolute Gasteiger partial charge is 0.340 e. The molecule has 0 spiro atoms. The monoisotopic (exact) mass is 370 g/mol. The van der Waals surface area contributed by atoms with Gasteiger partial charge >= 0.3 is 5.97 Å². The quantitative estimate of drug-likeness (QED) is 0.777. The number of esters is 1. The molecule has 0 bridgehead atoms. The number of carbonyl (C=O) groups is 2. The molecule has 0 N–H and O–H groups in total. The van der Waals surface area contributed by atoms with Gasteiger partial charge in [0, 0.05) is 30.2 Å². The fourth-order valence-electron chi connectivity index (χ4n) is 3.62. The number of aryl methyl sites for hydroxylation is 1. The van der Waals surface area contributed by atoms with Gasteiger partial charge in [0.05, 0.1) is 17.8 Å². The van der Waals surface area contributed by atoms with Gasteiger partial charge in [-0.15, -0.1) is 0 Å². The normalized spacial score (nSPS) is 19.8. The second-order valence-corrected chi connectivity index (χ2v) is 7.09. The maximum Gasteiger partial charge on any atom is 0.340 e. The molecule has 1 aliphatic rings. The van der Waals surface area contributed by atoms with Gasteiger partial charge in [-0.25, -0.2) is 4.79 Å². The highest BCUT2D eigenvalue weighted by Crippen LogP contribution is 2.21. The number of morpholine rings is 1. The maximum absolute atomic E-state index is 12.5. The first-order chi connectivity index (χ1) is 12.9. The van der Waals surface area contributed by atoms with Crippen LogP contribution in [-0.2, 0) is 14.3 Å². The largest absolute Gasteiger partial charge is 0.452 e. The Kier molecular flexibility index (Phi) is 5.65. The molecule has 2 atom stereocenters. The van der Waals surface area contributed by atoms with E-state index in [1.54, 1.807) is 11.0 Å². The van der Waals surface area contributed by atoms with Crippen LogP contribution in [0.1, 0.15) is 35.6 Å². The highest BCUT2D eigenvalue weighted by molar-refractivity contribution is 5.93. The average molecular weight is 370 g/mol. The van der Waals surface area contributed by atoms with Gasteiger partial charge in [0.25, 0.3) is 5.91 Å². The lowest BCUT2D eigenvalue weighted by molar-refractivity contribution is -0.146. The second kappa shape index (κ2) is 7.96. The molecule has 2 heterocycles. The van der Waals surface area contributed by atoms with E-state index < -0.39 is 5.97 Å². The van der Waals surface area contributed by atoms with Crippen molar-refractivity contribution in [2.45, 2.75) is 39.9 Å². The van der Waals surface area contributed by atoms with E-state index in [9.17, 15) is 9.59 Å². The second-order valence-electron chi connectivity index (χ2n) is 7.09. The molecule has 144 valence electrons. The van der Waals surface area contributed by atoms with Gasteiger partial charge in [-0.2, -0.15) is 0 Å². The minimum Gasteiger partial charge on any atom is -0.452 e. The number of ether oxygens (including phenoxy) is 2. The van der Waals surface area contributed by atoms with Crippen molar-refractivity contribution in [2.24, 2.45) is 0 Å². The van der Waals surface area contributed by atoms with Crippen LogP contribution in [0.4, 0.5) is 0 Å². The Hall–Kier alpha value is -2.60. The van der Waals surface area contributed by atoms with Crippen LogP contribution in [0.25, 0.3) is 5.69 Å². The standard InChI is InChI=1S/C21H26N2O4/c1-14-10-19(17(4)23(14)18-8-6-5-7-9-18)21(25)26-13-20(24)22-11-15(2)27-16(3)12-22/h5-10,15-16H,11-13H2,1-4H3/t15-,16-/m1/s1. The molecule has 6 nitrogen and oxygen atoms in total. The van der Waals surface area contributed by atoms with Gasteiger partial charge in [0.2, 0.25) is 0 Å². The van der Waals surface area contributed by atoms with E-state index in [0.717, 1.165) is 17.1 Å². The molecular weight excluding hydrogens is 344 g/mol. The number of aromatic nitrogens is 1. The first-order valence-electron chi connectivity index (χ1n) is 9.21. The van der Waals surface area contributed by atoms with Crippen LogP contribution in [-0.4, -0.2) is 53.2 Å². The number of hydrogen-bond acceptors (Lipinski definition) is 4. The first-order valence-corrected chi connectivity index (χ1v) is 9.21. The van der Waals surface area contributed by atoms with Crippen molar-refractivity contribution in [3.8, 4) is 5.69 Å². The van der Waals surface area contributed by atoms with Crippen LogP contribution in [0.15, 0.2) is 36.4 Å². The van der Waals surface area contributed by atoms with E-state index in [1.807, 2.05) is 62.6 Å². The summed E-state index contributed by atoms with van der Waals surface area (Å²) in [6.07, 6.45) is -0.0311. The number of para-hydroxylation sites is 1. The van der Waals surface area contributed by atoms with E-state index in [2.05, 4.69) is 0 Å². The van der Waals surface area contributed by atoms with Crippen molar-refractivity contribution in [3.05, 3.63) is 53.3 Å². The molecule has 6 heteroatoms. The van der Waals surface area contributed by atoms with E-state index in [1.165, 1.54) is 0 Å². The molecule has 1 amide bonds. The summed E-state index contributed by atoms with van der Waals surface area (Å²) >= 11 is 0. The van der Waals surface area contributed by atoms with Crippen molar-refractivity contribution in [1.29, 1.82) is 0 Å². The minimum atomic E-state index is -0.479. The topological polar surface area (TPSA) is 60.8 Å². The predicted octanol–water partition coefficient (Wildman–Crippen LogP) is 2.89. The van der Waals surface area contributed by atoms with Crippen molar-refractivity contribution in [3.63, 3.8) is 0 Å². The zero-order valence-corrected chi connectivity index (χ0v) is 16.3. The van der Waals surface area contributed by atoms with Crippen LogP contribution in [0, 0.1) is 13.8 Å². The molecule has 0 saturated carbocycles. The van der Waals surface area contributed by atoms with Gasteiger partial charge in [0.1, 0.15) is 0 Å². The lowest BCUT2D eigenvalue weighted by Crippen LogP contribution is -2.49. The van der Waals surface area contributed by atoms with Gasteiger partial charge in [-0.3, -0.25) is 4.79 Å². The number of hydrogen-bond donors (Lipinski definition) is 0. The van der Waals surface area contributed by atoms with E-state index in [4.69, 9.17) is 9.47 Å². The van der Waals surface area contributed by atoms with Gasteiger partial charge < -0.3 is 18.9 Å². The molecule has 27 heavy (non-hydrogen) atoms. The molecule has 1 saturated heterocycles. The number of rotatable bonds is 4. The van der Waals surface area contributed by atoms with Crippen LogP contribution >= 0.6 is 0 Å². The van der Waals surface area contributed by atoms with Crippen molar-refractivity contribution in [2.75, 3.05) is 19.7 Å². The molecule has 3 rings (SSSR count). The lowest BCUT2D eigenvalue weighted by atomic mass is 10.2. The predicted molar refractivity (Wildman–Crippen MR) is 102 cm³/mol.